The van der Waals surface area contributed by atoms with Crippen LogP contribution in [0.25, 0.3) is 31.5 Å². The van der Waals surface area contributed by atoms with E-state index in [1.807, 2.05) is 34.4 Å². The van der Waals surface area contributed by atoms with E-state index in [1.54, 1.807) is 17.4 Å². The standard InChI is InChI=1S/C81H124N2O4S2/c1-9-12-15-18-21-24-26-31-36-41-47-63(46-40-35-30-23-20-17-14-11-3)61-82-67-60-66-68-59-65(67)76(78(82)85)69(84)50-45-58-81(7,8)57-44-39-34-29-28-33-38-43-49-64(48-42-37-32-27-25-22-19-16-13-10-2)62-83(68)79(86)77(66)71-52-51-70(87-71)72-53-54-73(88-72)74-55-56-75(89-74)80(4,5)6/h45,50-56,58-60,63-64,84H,9-44,46-49,57,61-62H2,1-8H3/b58-45+,69-50?. The van der Waals surface area contributed by atoms with Gasteiger partial charge in [-0.1, -0.05) is 299 Å². The van der Waals surface area contributed by atoms with Crippen molar-refractivity contribution in [1.29, 1.82) is 0 Å². The molecule has 1 N–H and O–H groups in total. The van der Waals surface area contributed by atoms with Gasteiger partial charge in [-0.15, -0.1) is 22.7 Å². The topological polar surface area (TPSA) is 74.0 Å². The van der Waals surface area contributed by atoms with Crippen LogP contribution in [0.1, 0.15) is 329 Å². The Morgan fingerprint density at radius 3 is 1.61 bits per heavy atom. The van der Waals surface area contributed by atoms with Gasteiger partial charge in [0.25, 0.3) is 11.8 Å². The summed E-state index contributed by atoms with van der Waals surface area (Å²) < 4.78 is 6.95. The summed E-state index contributed by atoms with van der Waals surface area (Å²) in [5.41, 5.74) is 2.61. The highest BCUT2D eigenvalue weighted by Crippen LogP contribution is 2.42. The van der Waals surface area contributed by atoms with Gasteiger partial charge in [0.15, 0.2) is 0 Å². The molecule has 2 atom stereocenters. The highest BCUT2D eigenvalue weighted by Gasteiger charge is 2.39. The maximum Gasteiger partial charge on any atom is 0.262 e. The number of rotatable bonds is 36. The van der Waals surface area contributed by atoms with E-state index in [-0.39, 0.29) is 28.4 Å². The quantitative estimate of drug-likeness (QED) is 0.0461. The molecule has 0 fully saturated rings. The Balaban J connectivity index is 1.27. The van der Waals surface area contributed by atoms with Gasteiger partial charge in [0.05, 0.1) is 27.4 Å². The fourth-order valence-electron chi connectivity index (χ4n) is 14.3. The summed E-state index contributed by atoms with van der Waals surface area (Å²) in [5.74, 6) is 1.84. The third-order valence-corrected chi connectivity index (χ3v) is 22.8. The van der Waals surface area contributed by atoms with Crippen LogP contribution in [0, 0.1) is 17.3 Å². The number of amides is 2. The predicted octanol–water partition coefficient (Wildman–Crippen LogP) is 24.4. The van der Waals surface area contributed by atoms with Gasteiger partial charge in [0.1, 0.15) is 17.3 Å². The van der Waals surface area contributed by atoms with Crippen LogP contribution >= 0.6 is 22.7 Å². The van der Waals surface area contributed by atoms with Gasteiger partial charge in [0.2, 0.25) is 0 Å². The largest absolute Gasteiger partial charge is 0.507 e. The Bertz CT molecular complexity index is 2900. The van der Waals surface area contributed by atoms with Crippen LogP contribution < -0.4 is 20.2 Å². The molecular formula is C81H124N2O4S2. The molecule has 3 aromatic heterocycles. The summed E-state index contributed by atoms with van der Waals surface area (Å²) in [4.78, 5) is 40.4. The van der Waals surface area contributed by atoms with E-state index in [0.29, 0.717) is 41.8 Å². The smallest absolute Gasteiger partial charge is 0.262 e. The molecule has 0 radical (unpaired) electrons. The number of aliphatic hydroxyl groups excluding tert-OH is 1. The molecule has 0 saturated carbocycles. The molecule has 1 aromatic carbocycles. The second-order valence-corrected chi connectivity index (χ2v) is 31.6. The van der Waals surface area contributed by atoms with Crippen molar-refractivity contribution in [1.82, 2.24) is 0 Å². The molecule has 494 valence electrons. The zero-order valence-electron chi connectivity index (χ0n) is 57.8. The third kappa shape index (κ3) is 23.1. The predicted molar refractivity (Wildman–Crippen MR) is 387 cm³/mol. The first-order valence-electron chi connectivity index (χ1n) is 37.2. The maximum absolute atomic E-state index is 15.8. The minimum absolute atomic E-state index is 0.00398. The number of carbonyl (C=O) groups is 2. The summed E-state index contributed by atoms with van der Waals surface area (Å²) in [7, 11) is 0. The highest BCUT2D eigenvalue weighted by atomic mass is 32.1. The molecular weight excluding hydrogens is 1130 g/mol. The Morgan fingerprint density at radius 1 is 0.551 bits per heavy atom. The molecule has 6 heterocycles. The second-order valence-electron chi connectivity index (χ2n) is 29.4. The van der Waals surface area contributed by atoms with Gasteiger partial charge < -0.3 is 19.3 Å². The Labute approximate surface area is 551 Å². The molecule has 3 aliphatic rings. The van der Waals surface area contributed by atoms with Crippen LogP contribution in [-0.2, 0) is 15.0 Å². The molecule has 0 aliphatic carbocycles. The van der Waals surface area contributed by atoms with E-state index in [2.05, 4.69) is 103 Å². The minimum atomic E-state index is -0.129. The molecule has 2 bridgehead atoms. The van der Waals surface area contributed by atoms with Crippen molar-refractivity contribution in [3.05, 3.63) is 93.6 Å². The van der Waals surface area contributed by atoms with E-state index in [4.69, 9.17) is 4.42 Å². The molecule has 3 aliphatic heterocycles. The Morgan fingerprint density at radius 2 is 1.03 bits per heavy atom. The van der Waals surface area contributed by atoms with Crippen LogP contribution in [0.2, 0.25) is 0 Å². The van der Waals surface area contributed by atoms with E-state index >= 15 is 9.59 Å². The average Bonchev–Trinajstić information content (AvgIpc) is 1.58. The van der Waals surface area contributed by atoms with Crippen molar-refractivity contribution in [3.8, 4) is 20.4 Å². The fraction of sp³-hybridized carbons (Fsp3) is 0.679. The minimum Gasteiger partial charge on any atom is -0.507 e. The molecule has 0 spiro atoms. The molecule has 89 heavy (non-hydrogen) atoms. The van der Waals surface area contributed by atoms with Gasteiger partial charge in [0, 0.05) is 38.2 Å². The molecule has 2 unspecified atom stereocenters. The molecule has 0 saturated heterocycles. The first-order chi connectivity index (χ1) is 43.2. The Hall–Kier alpha value is -4.14. The van der Waals surface area contributed by atoms with Crippen molar-refractivity contribution >= 4 is 57.0 Å². The lowest BCUT2D eigenvalue weighted by Crippen LogP contribution is -2.35. The van der Waals surface area contributed by atoms with Crippen LogP contribution in [0.3, 0.4) is 0 Å². The molecule has 4 aromatic rings. The van der Waals surface area contributed by atoms with Crippen molar-refractivity contribution in [2.24, 2.45) is 17.3 Å². The van der Waals surface area contributed by atoms with E-state index in [1.165, 1.54) is 239 Å². The molecule has 7 rings (SSSR count). The van der Waals surface area contributed by atoms with Gasteiger partial charge in [-0.25, -0.2) is 0 Å². The zero-order valence-corrected chi connectivity index (χ0v) is 59.4. The lowest BCUT2D eigenvalue weighted by molar-refractivity contribution is -0.114. The SMILES string of the molecule is CCCCCCCCCCCCC(CCCCCCCCCC)CN1C(=O)C2=c3cc4c(cc31)=C(c1ccc(-c3ccc(-c5ccc(C(C)(C)C)s5)s3)o1)C(=O)N4CC(CCCCCCCCCCCC)CCCCCCCCCCC(C)(C)/C=C/C=C2O. The maximum atomic E-state index is 15.8. The number of anilines is 2. The van der Waals surface area contributed by atoms with Crippen molar-refractivity contribution in [3.63, 3.8) is 0 Å². The van der Waals surface area contributed by atoms with Gasteiger partial charge in [-0.2, -0.15) is 0 Å². The molecule has 8 heteroatoms. The monoisotopic (exact) mass is 1250 g/mol. The van der Waals surface area contributed by atoms with E-state index < -0.39 is 0 Å². The summed E-state index contributed by atoms with van der Waals surface area (Å²) in [6.45, 7) is 19.5. The lowest BCUT2D eigenvalue weighted by atomic mass is 9.86. The molecule has 6 nitrogen and oxygen atoms in total. The molecule has 2 amide bonds. The summed E-state index contributed by atoms with van der Waals surface area (Å²) >= 11 is 3.60. The number of carbonyl (C=O) groups excluding carboxylic acids is 2. The van der Waals surface area contributed by atoms with Crippen LogP contribution in [0.5, 0.6) is 0 Å². The van der Waals surface area contributed by atoms with Gasteiger partial charge in [-0.05, 0) is 109 Å². The van der Waals surface area contributed by atoms with E-state index in [0.717, 1.165) is 71.0 Å². The number of hydrogen-bond donors (Lipinski definition) is 1. The fourth-order valence-corrected chi connectivity index (χ4v) is 16.4. The van der Waals surface area contributed by atoms with Crippen LogP contribution in [-0.4, -0.2) is 30.0 Å². The first kappa shape index (κ1) is 72.3. The zero-order chi connectivity index (χ0) is 63.3. The number of aliphatic hydroxyl groups is 1. The first-order valence-corrected chi connectivity index (χ1v) is 38.8. The van der Waals surface area contributed by atoms with E-state index in [9.17, 15) is 5.11 Å². The number of nitrogens with zero attached hydrogens (tertiary/aromatic N) is 2. The van der Waals surface area contributed by atoms with Crippen molar-refractivity contribution in [2.75, 3.05) is 22.9 Å². The second kappa shape index (κ2) is 38.8. The van der Waals surface area contributed by atoms with Crippen LogP contribution in [0.15, 0.2) is 76.9 Å². The van der Waals surface area contributed by atoms with Crippen molar-refractivity contribution < 1.29 is 19.1 Å². The van der Waals surface area contributed by atoms with Gasteiger partial charge >= 0.3 is 0 Å². The number of hydrogen-bond acceptors (Lipinski definition) is 6. The summed E-state index contributed by atoms with van der Waals surface area (Å²) in [6.07, 6.45) is 57.7. The number of furan rings is 1. The average molecular weight is 1250 g/mol. The lowest BCUT2D eigenvalue weighted by Gasteiger charge is -2.27. The number of thiophene rings is 2. The highest BCUT2D eigenvalue weighted by molar-refractivity contribution is 7.23. The van der Waals surface area contributed by atoms with Crippen LogP contribution in [0.4, 0.5) is 11.4 Å². The third-order valence-electron chi connectivity index (χ3n) is 20.0. The summed E-state index contributed by atoms with van der Waals surface area (Å²) in [6, 6.07) is 17.2. The van der Waals surface area contributed by atoms with Crippen molar-refractivity contribution in [2.45, 2.75) is 324 Å². The normalized spacial score (nSPS) is 17.8. The summed E-state index contributed by atoms with van der Waals surface area (Å²) in [5, 5.41) is 14.0. The number of benzene rings is 1. The number of unbranched alkanes of at least 4 members (excludes halogenated alkanes) is 25. The Kier molecular flexibility index (Phi) is 31.5. The number of allylic oxidation sites excluding steroid dienone is 3. The van der Waals surface area contributed by atoms with Gasteiger partial charge in [-0.3, -0.25) is 9.59 Å².